The number of hydrogen-bond acceptors (Lipinski definition) is 4. The van der Waals surface area contributed by atoms with E-state index in [0.717, 1.165) is 38.1 Å². The molecule has 3 aromatic rings. The summed E-state index contributed by atoms with van der Waals surface area (Å²) in [5.41, 5.74) is 1.50. The number of aromatic nitrogens is 4. The Hall–Kier alpha value is -2.57. The number of anilines is 1. The molecule has 1 N–H and O–H groups in total. The third kappa shape index (κ3) is 2.18. The molecule has 3 heterocycles. The van der Waals surface area contributed by atoms with Gasteiger partial charge in [-0.3, -0.25) is 0 Å². The van der Waals surface area contributed by atoms with Crippen molar-refractivity contribution in [1.29, 1.82) is 0 Å². The normalized spacial score (nSPS) is 14.9. The second kappa shape index (κ2) is 5.01. The lowest BCUT2D eigenvalue weighted by atomic mass is 10.3. The van der Waals surface area contributed by atoms with Crippen molar-refractivity contribution in [2.24, 2.45) is 0 Å². The Bertz CT molecular complexity index is 783. The number of rotatable bonds is 2. The molecule has 0 unspecified atom stereocenters. The van der Waals surface area contributed by atoms with Crippen molar-refractivity contribution in [3.63, 3.8) is 0 Å². The smallest absolute Gasteiger partial charge is 0.225 e. The Morgan fingerprint density at radius 1 is 1.00 bits per heavy atom. The van der Waals surface area contributed by atoms with Crippen LogP contribution in [0, 0.1) is 11.6 Å². The molecule has 1 aliphatic heterocycles. The van der Waals surface area contributed by atoms with Crippen LogP contribution in [0.15, 0.2) is 24.5 Å². The fourth-order valence-corrected chi connectivity index (χ4v) is 2.67. The maximum atomic E-state index is 13.2. The molecule has 5 nitrogen and oxygen atoms in total. The Labute approximate surface area is 125 Å². The highest BCUT2D eigenvalue weighted by Crippen LogP contribution is 2.23. The van der Waals surface area contributed by atoms with E-state index in [1.165, 1.54) is 0 Å². The fourth-order valence-electron chi connectivity index (χ4n) is 2.67. The summed E-state index contributed by atoms with van der Waals surface area (Å²) in [4.78, 5) is 18.0. The molecule has 7 heteroatoms. The van der Waals surface area contributed by atoms with Crippen LogP contribution in [0.2, 0.25) is 0 Å². The average molecular weight is 301 g/mol. The van der Waals surface area contributed by atoms with Crippen molar-refractivity contribution in [2.45, 2.75) is 12.8 Å². The van der Waals surface area contributed by atoms with E-state index in [9.17, 15) is 8.78 Å². The molecule has 4 rings (SSSR count). The third-order valence-corrected chi connectivity index (χ3v) is 3.82. The van der Waals surface area contributed by atoms with Gasteiger partial charge in [0.1, 0.15) is 5.82 Å². The number of nitrogens with one attached hydrogen (secondary N) is 1. The van der Waals surface area contributed by atoms with Crippen molar-refractivity contribution >= 4 is 17.0 Å². The monoisotopic (exact) mass is 301 g/mol. The number of benzene rings is 1. The van der Waals surface area contributed by atoms with Gasteiger partial charge in [-0.05, 0) is 12.8 Å². The summed E-state index contributed by atoms with van der Waals surface area (Å²) in [5.74, 6) is -0.614. The summed E-state index contributed by atoms with van der Waals surface area (Å²) in [6, 6.07) is 2.17. The van der Waals surface area contributed by atoms with Crippen molar-refractivity contribution in [1.82, 2.24) is 19.9 Å². The maximum absolute atomic E-state index is 13.2. The zero-order valence-corrected chi connectivity index (χ0v) is 11.7. The van der Waals surface area contributed by atoms with Gasteiger partial charge in [-0.25, -0.2) is 23.7 Å². The van der Waals surface area contributed by atoms with E-state index in [0.29, 0.717) is 28.4 Å². The summed E-state index contributed by atoms with van der Waals surface area (Å²) in [7, 11) is 0. The standard InChI is InChI=1S/C15H13F2N5/c16-10-5-12-13(6-11(10)17)21-14(20-12)9-7-18-15(19-8-9)22-3-1-2-4-22/h5-8H,1-4H2,(H,20,21). The van der Waals surface area contributed by atoms with Gasteiger partial charge < -0.3 is 9.88 Å². The van der Waals surface area contributed by atoms with Gasteiger partial charge in [-0.1, -0.05) is 0 Å². The number of imidazole rings is 1. The molecule has 22 heavy (non-hydrogen) atoms. The Morgan fingerprint density at radius 2 is 1.68 bits per heavy atom. The van der Waals surface area contributed by atoms with Crippen LogP contribution in [0.1, 0.15) is 12.8 Å². The van der Waals surface area contributed by atoms with E-state index in [1.807, 2.05) is 0 Å². The molecule has 1 saturated heterocycles. The summed E-state index contributed by atoms with van der Waals surface area (Å²) in [6.45, 7) is 1.95. The first-order valence-corrected chi connectivity index (χ1v) is 7.13. The predicted octanol–water partition coefficient (Wildman–Crippen LogP) is 2.90. The largest absolute Gasteiger partial charge is 0.341 e. The van der Waals surface area contributed by atoms with Crippen LogP contribution >= 0.6 is 0 Å². The third-order valence-electron chi connectivity index (χ3n) is 3.82. The quantitative estimate of drug-likeness (QED) is 0.790. The average Bonchev–Trinajstić information content (AvgIpc) is 3.17. The van der Waals surface area contributed by atoms with E-state index in [-0.39, 0.29) is 0 Å². The minimum absolute atomic E-state index is 0.373. The SMILES string of the molecule is Fc1cc2nc(-c3cnc(N4CCCC4)nc3)[nH]c2cc1F. The summed E-state index contributed by atoms with van der Waals surface area (Å²) >= 11 is 0. The Balaban J connectivity index is 1.69. The Morgan fingerprint density at radius 3 is 2.41 bits per heavy atom. The lowest BCUT2D eigenvalue weighted by Gasteiger charge is -2.14. The lowest BCUT2D eigenvalue weighted by molar-refractivity contribution is 0.510. The maximum Gasteiger partial charge on any atom is 0.225 e. The Kier molecular flexibility index (Phi) is 2.99. The van der Waals surface area contributed by atoms with Crippen LogP contribution in [0.5, 0.6) is 0 Å². The van der Waals surface area contributed by atoms with Crippen LogP contribution in [0.25, 0.3) is 22.4 Å². The van der Waals surface area contributed by atoms with Crippen molar-refractivity contribution < 1.29 is 8.78 Å². The van der Waals surface area contributed by atoms with Crippen molar-refractivity contribution in [3.8, 4) is 11.4 Å². The van der Waals surface area contributed by atoms with Crippen molar-refractivity contribution in [2.75, 3.05) is 18.0 Å². The highest BCUT2D eigenvalue weighted by molar-refractivity contribution is 5.79. The lowest BCUT2D eigenvalue weighted by Crippen LogP contribution is -2.20. The first-order chi connectivity index (χ1) is 10.7. The molecule has 0 radical (unpaired) electrons. The van der Waals surface area contributed by atoms with Gasteiger partial charge in [0.25, 0.3) is 0 Å². The highest BCUT2D eigenvalue weighted by atomic mass is 19.2. The molecule has 2 aromatic heterocycles. The molecule has 1 aromatic carbocycles. The topological polar surface area (TPSA) is 57.7 Å². The number of fused-ring (bicyclic) bond motifs is 1. The molecule has 1 aliphatic rings. The molecule has 0 amide bonds. The van der Waals surface area contributed by atoms with Crippen LogP contribution in [-0.4, -0.2) is 33.0 Å². The summed E-state index contributed by atoms with van der Waals surface area (Å²) in [5, 5.41) is 0. The predicted molar refractivity (Wildman–Crippen MR) is 78.5 cm³/mol. The minimum atomic E-state index is -0.911. The van der Waals surface area contributed by atoms with Crippen LogP contribution < -0.4 is 4.90 Å². The van der Waals surface area contributed by atoms with Gasteiger partial charge in [-0.2, -0.15) is 0 Å². The molecule has 0 spiro atoms. The molecule has 0 bridgehead atoms. The first kappa shape index (κ1) is 13.1. The number of H-pyrrole nitrogens is 1. The number of aromatic amines is 1. The molecular formula is C15H13F2N5. The molecule has 0 atom stereocenters. The first-order valence-electron chi connectivity index (χ1n) is 7.13. The van der Waals surface area contributed by atoms with Crippen molar-refractivity contribution in [3.05, 3.63) is 36.2 Å². The van der Waals surface area contributed by atoms with E-state index in [1.54, 1.807) is 12.4 Å². The second-order valence-electron chi connectivity index (χ2n) is 5.33. The zero-order chi connectivity index (χ0) is 15.1. The van der Waals surface area contributed by atoms with Crippen LogP contribution in [-0.2, 0) is 0 Å². The van der Waals surface area contributed by atoms with Gasteiger partial charge >= 0.3 is 0 Å². The summed E-state index contributed by atoms with van der Waals surface area (Å²) < 4.78 is 26.5. The minimum Gasteiger partial charge on any atom is -0.341 e. The highest BCUT2D eigenvalue weighted by Gasteiger charge is 2.15. The molecular weight excluding hydrogens is 288 g/mol. The molecule has 1 fully saturated rings. The van der Waals surface area contributed by atoms with Gasteiger partial charge in [0.2, 0.25) is 5.95 Å². The van der Waals surface area contributed by atoms with E-state index < -0.39 is 11.6 Å². The molecule has 0 aliphatic carbocycles. The van der Waals surface area contributed by atoms with Gasteiger partial charge in [0.05, 0.1) is 16.6 Å². The number of halogens is 2. The van der Waals surface area contributed by atoms with Gasteiger partial charge in [0, 0.05) is 37.6 Å². The van der Waals surface area contributed by atoms with Crippen LogP contribution in [0.3, 0.4) is 0 Å². The number of nitrogens with zero attached hydrogens (tertiary/aromatic N) is 4. The molecule has 112 valence electrons. The van der Waals surface area contributed by atoms with E-state index >= 15 is 0 Å². The fraction of sp³-hybridized carbons (Fsp3) is 0.267. The second-order valence-corrected chi connectivity index (χ2v) is 5.33. The van der Waals surface area contributed by atoms with Crippen LogP contribution in [0.4, 0.5) is 14.7 Å². The van der Waals surface area contributed by atoms with Gasteiger partial charge in [-0.15, -0.1) is 0 Å². The summed E-state index contributed by atoms with van der Waals surface area (Å²) in [6.07, 6.45) is 5.66. The van der Waals surface area contributed by atoms with E-state index in [4.69, 9.17) is 0 Å². The number of hydrogen-bond donors (Lipinski definition) is 1. The van der Waals surface area contributed by atoms with E-state index in [2.05, 4.69) is 24.8 Å². The molecule has 0 saturated carbocycles. The van der Waals surface area contributed by atoms with Gasteiger partial charge in [0.15, 0.2) is 11.6 Å². The zero-order valence-electron chi connectivity index (χ0n) is 11.7.